The number of benzene rings is 1. The molecule has 1 aromatic carbocycles. The molecule has 1 heteroatoms. The quantitative estimate of drug-likeness (QED) is 0.751. The van der Waals surface area contributed by atoms with Gasteiger partial charge in [-0.05, 0) is 73.6 Å². The summed E-state index contributed by atoms with van der Waals surface area (Å²) in [6.45, 7) is 10.5. The van der Waals surface area contributed by atoms with E-state index >= 15 is 0 Å². The Labute approximate surface area is 131 Å². The normalized spacial score (nSPS) is 16.0. The SMILES string of the molecule is CCCNC(CCCc1ccc2c(c1)CCC2)C(C)(C)C. The van der Waals surface area contributed by atoms with Crippen molar-refractivity contribution < 1.29 is 0 Å². The molecule has 0 saturated heterocycles. The van der Waals surface area contributed by atoms with Gasteiger partial charge in [0.25, 0.3) is 0 Å². The lowest BCUT2D eigenvalue weighted by Gasteiger charge is -2.32. The van der Waals surface area contributed by atoms with Crippen LogP contribution >= 0.6 is 0 Å². The van der Waals surface area contributed by atoms with Gasteiger partial charge in [-0.3, -0.25) is 0 Å². The van der Waals surface area contributed by atoms with Gasteiger partial charge < -0.3 is 5.32 Å². The summed E-state index contributed by atoms with van der Waals surface area (Å²) in [7, 11) is 0. The van der Waals surface area contributed by atoms with Gasteiger partial charge in [-0.1, -0.05) is 45.9 Å². The molecule has 1 unspecified atom stereocenters. The Bertz CT molecular complexity index is 442. The van der Waals surface area contributed by atoms with Crippen molar-refractivity contribution in [2.45, 2.75) is 78.7 Å². The van der Waals surface area contributed by atoms with Crippen LogP contribution in [0.3, 0.4) is 0 Å². The number of hydrogen-bond donors (Lipinski definition) is 1. The molecule has 1 nitrogen and oxygen atoms in total. The summed E-state index contributed by atoms with van der Waals surface area (Å²) < 4.78 is 0. The first-order chi connectivity index (χ1) is 10.0. The van der Waals surface area contributed by atoms with Crippen molar-refractivity contribution in [3.8, 4) is 0 Å². The summed E-state index contributed by atoms with van der Waals surface area (Å²) in [5.74, 6) is 0. The van der Waals surface area contributed by atoms with Crippen LogP contribution in [-0.2, 0) is 19.3 Å². The molecule has 2 rings (SSSR count). The number of fused-ring (bicyclic) bond motifs is 1. The smallest absolute Gasteiger partial charge is 0.0116 e. The van der Waals surface area contributed by atoms with E-state index < -0.39 is 0 Å². The highest BCUT2D eigenvalue weighted by Gasteiger charge is 2.23. The maximum absolute atomic E-state index is 3.74. The Morgan fingerprint density at radius 3 is 2.62 bits per heavy atom. The van der Waals surface area contributed by atoms with E-state index in [9.17, 15) is 0 Å². The molecular formula is C20H33N. The molecule has 0 spiro atoms. The van der Waals surface area contributed by atoms with Gasteiger partial charge >= 0.3 is 0 Å². The zero-order chi connectivity index (χ0) is 15.3. The van der Waals surface area contributed by atoms with E-state index in [1.165, 1.54) is 44.9 Å². The standard InChI is InChI=1S/C20H33N/c1-5-14-21-19(20(2,3)4)11-6-8-16-12-13-17-9-7-10-18(17)15-16/h12-13,15,19,21H,5-11,14H2,1-4H3. The second kappa shape index (κ2) is 7.45. The van der Waals surface area contributed by atoms with Gasteiger partial charge in [0.15, 0.2) is 0 Å². The third-order valence-electron chi connectivity index (χ3n) is 4.81. The first kappa shape index (κ1) is 16.5. The van der Waals surface area contributed by atoms with Crippen molar-refractivity contribution in [1.82, 2.24) is 5.32 Å². The molecule has 0 fully saturated rings. The number of hydrogen-bond acceptors (Lipinski definition) is 1. The minimum atomic E-state index is 0.354. The Hall–Kier alpha value is -0.820. The molecule has 1 aliphatic rings. The molecule has 1 atom stereocenters. The first-order valence-corrected chi connectivity index (χ1v) is 8.84. The molecule has 0 aromatic heterocycles. The van der Waals surface area contributed by atoms with E-state index in [1.54, 1.807) is 16.7 Å². The fraction of sp³-hybridized carbons (Fsp3) is 0.700. The molecule has 1 aromatic rings. The second-order valence-corrected chi connectivity index (χ2v) is 7.72. The van der Waals surface area contributed by atoms with Gasteiger partial charge in [-0.15, -0.1) is 0 Å². The molecule has 1 aliphatic carbocycles. The summed E-state index contributed by atoms with van der Waals surface area (Å²) in [5.41, 5.74) is 5.10. The number of rotatable bonds is 7. The molecule has 0 bridgehead atoms. The largest absolute Gasteiger partial charge is 0.313 e. The Morgan fingerprint density at radius 2 is 1.90 bits per heavy atom. The summed E-state index contributed by atoms with van der Waals surface area (Å²) in [6, 6.07) is 7.82. The van der Waals surface area contributed by atoms with Crippen molar-refractivity contribution in [1.29, 1.82) is 0 Å². The summed E-state index contributed by atoms with van der Waals surface area (Å²) in [5, 5.41) is 3.74. The maximum atomic E-state index is 3.74. The molecule has 0 aliphatic heterocycles. The van der Waals surface area contributed by atoms with Gasteiger partial charge in [0.2, 0.25) is 0 Å². The van der Waals surface area contributed by atoms with E-state index in [0.717, 1.165) is 6.54 Å². The van der Waals surface area contributed by atoms with Crippen LogP contribution in [0.5, 0.6) is 0 Å². The predicted molar refractivity (Wildman–Crippen MR) is 92.9 cm³/mol. The lowest BCUT2D eigenvalue weighted by atomic mass is 9.83. The molecular weight excluding hydrogens is 254 g/mol. The Kier molecular flexibility index (Phi) is 5.87. The molecule has 0 heterocycles. The highest BCUT2D eigenvalue weighted by molar-refractivity contribution is 5.35. The molecule has 1 N–H and O–H groups in total. The van der Waals surface area contributed by atoms with Gasteiger partial charge in [0.05, 0.1) is 0 Å². The van der Waals surface area contributed by atoms with Crippen LogP contribution < -0.4 is 5.32 Å². The number of nitrogens with one attached hydrogen (secondary N) is 1. The fourth-order valence-corrected chi connectivity index (χ4v) is 3.45. The zero-order valence-electron chi connectivity index (χ0n) is 14.5. The Balaban J connectivity index is 1.84. The van der Waals surface area contributed by atoms with Crippen molar-refractivity contribution in [2.24, 2.45) is 5.41 Å². The van der Waals surface area contributed by atoms with Crippen LogP contribution in [0.25, 0.3) is 0 Å². The number of aryl methyl sites for hydroxylation is 3. The average molecular weight is 287 g/mol. The minimum absolute atomic E-state index is 0.354. The molecule has 21 heavy (non-hydrogen) atoms. The van der Waals surface area contributed by atoms with Crippen LogP contribution in [-0.4, -0.2) is 12.6 Å². The van der Waals surface area contributed by atoms with E-state index in [2.05, 4.69) is 51.2 Å². The van der Waals surface area contributed by atoms with Gasteiger partial charge in [-0.2, -0.15) is 0 Å². The van der Waals surface area contributed by atoms with Crippen LogP contribution in [0, 0.1) is 5.41 Å². The highest BCUT2D eigenvalue weighted by Crippen LogP contribution is 2.26. The average Bonchev–Trinajstić information content (AvgIpc) is 2.88. The van der Waals surface area contributed by atoms with E-state index in [-0.39, 0.29) is 0 Å². The van der Waals surface area contributed by atoms with Crippen molar-refractivity contribution >= 4 is 0 Å². The van der Waals surface area contributed by atoms with Crippen molar-refractivity contribution in [3.05, 3.63) is 34.9 Å². The molecule has 0 amide bonds. The zero-order valence-corrected chi connectivity index (χ0v) is 14.5. The van der Waals surface area contributed by atoms with E-state index in [4.69, 9.17) is 0 Å². The van der Waals surface area contributed by atoms with Crippen LogP contribution in [0.15, 0.2) is 18.2 Å². The highest BCUT2D eigenvalue weighted by atomic mass is 14.9. The summed E-state index contributed by atoms with van der Waals surface area (Å²) >= 11 is 0. The second-order valence-electron chi connectivity index (χ2n) is 7.72. The van der Waals surface area contributed by atoms with Crippen molar-refractivity contribution in [3.63, 3.8) is 0 Å². The third kappa shape index (κ3) is 4.85. The van der Waals surface area contributed by atoms with Gasteiger partial charge in [-0.25, -0.2) is 0 Å². The van der Waals surface area contributed by atoms with E-state index in [0.29, 0.717) is 11.5 Å². The summed E-state index contributed by atoms with van der Waals surface area (Å²) in [6.07, 6.45) is 8.96. The minimum Gasteiger partial charge on any atom is -0.313 e. The van der Waals surface area contributed by atoms with Crippen LogP contribution in [0.1, 0.15) is 70.1 Å². The van der Waals surface area contributed by atoms with Gasteiger partial charge in [0, 0.05) is 6.04 Å². The topological polar surface area (TPSA) is 12.0 Å². The summed E-state index contributed by atoms with van der Waals surface area (Å²) in [4.78, 5) is 0. The van der Waals surface area contributed by atoms with E-state index in [1.807, 2.05) is 0 Å². The Morgan fingerprint density at radius 1 is 1.14 bits per heavy atom. The monoisotopic (exact) mass is 287 g/mol. The maximum Gasteiger partial charge on any atom is 0.0116 e. The lowest BCUT2D eigenvalue weighted by Crippen LogP contribution is -2.40. The predicted octanol–water partition coefficient (Wildman–Crippen LogP) is 4.91. The van der Waals surface area contributed by atoms with Crippen molar-refractivity contribution in [2.75, 3.05) is 6.54 Å². The molecule has 118 valence electrons. The molecule has 0 radical (unpaired) electrons. The third-order valence-corrected chi connectivity index (χ3v) is 4.81. The lowest BCUT2D eigenvalue weighted by molar-refractivity contribution is 0.251. The van der Waals surface area contributed by atoms with Gasteiger partial charge in [0.1, 0.15) is 0 Å². The van der Waals surface area contributed by atoms with Crippen LogP contribution in [0.2, 0.25) is 0 Å². The van der Waals surface area contributed by atoms with Crippen LogP contribution in [0.4, 0.5) is 0 Å². The molecule has 0 saturated carbocycles. The fourth-order valence-electron chi connectivity index (χ4n) is 3.45. The first-order valence-electron chi connectivity index (χ1n) is 8.84.